The van der Waals surface area contributed by atoms with Crippen LogP contribution in [0.5, 0.6) is 23.0 Å². The van der Waals surface area contributed by atoms with E-state index < -0.39 is 0 Å². The molecule has 2 heterocycles. The Balaban J connectivity index is 1.75. The fourth-order valence-electron chi connectivity index (χ4n) is 3.72. The van der Waals surface area contributed by atoms with Crippen LogP contribution in [-0.2, 0) is 0 Å². The minimum Gasteiger partial charge on any atom is -0.493 e. The highest BCUT2D eigenvalue weighted by Crippen LogP contribution is 2.40. The lowest BCUT2D eigenvalue weighted by atomic mass is 9.97. The smallest absolute Gasteiger partial charge is 0.161 e. The zero-order chi connectivity index (χ0) is 21.8. The number of aromatic nitrogens is 1. The van der Waals surface area contributed by atoms with Crippen molar-refractivity contribution in [2.75, 3.05) is 33.4 Å². The number of methoxy groups -OCH3 is 4. The third-order valence-corrected chi connectivity index (χ3v) is 5.30. The lowest BCUT2D eigenvalue weighted by Crippen LogP contribution is -2.19. The first kappa shape index (κ1) is 20.5. The molecule has 0 spiro atoms. The van der Waals surface area contributed by atoms with Crippen LogP contribution in [0, 0.1) is 0 Å². The van der Waals surface area contributed by atoms with Crippen LogP contribution >= 0.6 is 0 Å². The van der Waals surface area contributed by atoms with Crippen LogP contribution in [0.4, 0.5) is 5.82 Å². The molecule has 1 aliphatic heterocycles. The monoisotopic (exact) mass is 419 g/mol. The largest absolute Gasteiger partial charge is 0.493 e. The predicted molar refractivity (Wildman–Crippen MR) is 120 cm³/mol. The first-order chi connectivity index (χ1) is 15.2. The van der Waals surface area contributed by atoms with Gasteiger partial charge < -0.3 is 18.9 Å². The predicted octanol–water partition coefficient (Wildman–Crippen LogP) is 4.47. The van der Waals surface area contributed by atoms with Gasteiger partial charge in [-0.15, -0.1) is 0 Å². The van der Waals surface area contributed by atoms with Crippen molar-refractivity contribution in [3.63, 3.8) is 0 Å². The molecule has 4 rings (SSSR count). The van der Waals surface area contributed by atoms with Gasteiger partial charge in [0.2, 0.25) is 0 Å². The van der Waals surface area contributed by atoms with Gasteiger partial charge in [0.05, 0.1) is 40.2 Å². The van der Waals surface area contributed by atoms with Gasteiger partial charge >= 0.3 is 0 Å². The molecule has 0 aliphatic carbocycles. The molecule has 1 aliphatic rings. The van der Waals surface area contributed by atoms with Gasteiger partial charge in [-0.1, -0.05) is 12.1 Å². The molecule has 0 fully saturated rings. The molecule has 1 atom stereocenters. The van der Waals surface area contributed by atoms with Crippen LogP contribution in [0.3, 0.4) is 0 Å². The Kier molecular flexibility index (Phi) is 5.93. The Morgan fingerprint density at radius 2 is 1.45 bits per heavy atom. The molecule has 1 aromatic heterocycles. The summed E-state index contributed by atoms with van der Waals surface area (Å²) in [6, 6.07) is 17.5. The third-order valence-electron chi connectivity index (χ3n) is 5.30. The van der Waals surface area contributed by atoms with Gasteiger partial charge in [0.1, 0.15) is 5.82 Å². The van der Waals surface area contributed by atoms with Gasteiger partial charge in [-0.05, 0) is 48.0 Å². The minimum absolute atomic E-state index is 0.0437. The molecule has 0 saturated carbocycles. The summed E-state index contributed by atoms with van der Waals surface area (Å²) in [7, 11) is 6.52. The Hall–Kier alpha value is -3.74. The van der Waals surface area contributed by atoms with E-state index in [1.807, 2.05) is 59.6 Å². The Morgan fingerprint density at radius 3 is 2.10 bits per heavy atom. The molecule has 3 aromatic rings. The fourth-order valence-corrected chi connectivity index (χ4v) is 3.72. The summed E-state index contributed by atoms with van der Waals surface area (Å²) in [6.45, 7) is 0. The lowest BCUT2D eigenvalue weighted by molar-refractivity contribution is 0.354. The molecular weight excluding hydrogens is 394 g/mol. The van der Waals surface area contributed by atoms with Crippen LogP contribution in [0.15, 0.2) is 65.9 Å². The van der Waals surface area contributed by atoms with Crippen molar-refractivity contribution >= 4 is 11.5 Å². The van der Waals surface area contributed by atoms with E-state index in [4.69, 9.17) is 24.0 Å². The van der Waals surface area contributed by atoms with E-state index in [2.05, 4.69) is 4.98 Å². The summed E-state index contributed by atoms with van der Waals surface area (Å²) in [5.41, 5.74) is 2.97. The zero-order valence-corrected chi connectivity index (χ0v) is 18.0. The van der Waals surface area contributed by atoms with Crippen molar-refractivity contribution < 1.29 is 18.9 Å². The molecule has 1 unspecified atom stereocenters. The highest BCUT2D eigenvalue weighted by atomic mass is 16.5. The summed E-state index contributed by atoms with van der Waals surface area (Å²) >= 11 is 0. The van der Waals surface area contributed by atoms with Crippen LogP contribution < -0.4 is 24.0 Å². The van der Waals surface area contributed by atoms with E-state index in [0.717, 1.165) is 22.7 Å². The number of nitrogens with zero attached hydrogens (tertiary/aromatic N) is 3. The van der Waals surface area contributed by atoms with Crippen LogP contribution in [0.25, 0.3) is 0 Å². The maximum absolute atomic E-state index is 5.52. The van der Waals surface area contributed by atoms with Crippen molar-refractivity contribution in [2.24, 2.45) is 5.10 Å². The number of hydrogen-bond donors (Lipinski definition) is 0. The molecule has 2 aromatic carbocycles. The third kappa shape index (κ3) is 3.99. The van der Waals surface area contributed by atoms with Crippen molar-refractivity contribution in [1.82, 2.24) is 4.98 Å². The summed E-state index contributed by atoms with van der Waals surface area (Å²) in [4.78, 5) is 4.52. The number of benzene rings is 2. The van der Waals surface area contributed by atoms with E-state index in [1.165, 1.54) is 0 Å². The van der Waals surface area contributed by atoms with E-state index in [-0.39, 0.29) is 6.04 Å². The van der Waals surface area contributed by atoms with Crippen LogP contribution in [-0.4, -0.2) is 39.1 Å². The molecule has 0 radical (unpaired) electrons. The maximum Gasteiger partial charge on any atom is 0.161 e. The second kappa shape index (κ2) is 8.95. The molecule has 7 heteroatoms. The molecule has 31 heavy (non-hydrogen) atoms. The fraction of sp³-hybridized carbons (Fsp3) is 0.250. The zero-order valence-electron chi connectivity index (χ0n) is 18.0. The molecule has 160 valence electrons. The maximum atomic E-state index is 5.52. The van der Waals surface area contributed by atoms with Gasteiger partial charge in [0, 0.05) is 18.2 Å². The average molecular weight is 419 g/mol. The topological polar surface area (TPSA) is 65.4 Å². The lowest BCUT2D eigenvalue weighted by Gasteiger charge is -2.23. The highest BCUT2D eigenvalue weighted by molar-refractivity contribution is 6.03. The van der Waals surface area contributed by atoms with Gasteiger partial charge in [0.15, 0.2) is 23.0 Å². The normalized spacial score (nSPS) is 15.4. The van der Waals surface area contributed by atoms with E-state index in [1.54, 1.807) is 34.6 Å². The number of pyridine rings is 1. The number of ether oxygens (including phenoxy) is 4. The number of hydrogen-bond acceptors (Lipinski definition) is 7. The molecule has 0 bridgehead atoms. The van der Waals surface area contributed by atoms with E-state index >= 15 is 0 Å². The second-order valence-corrected chi connectivity index (χ2v) is 6.98. The van der Waals surface area contributed by atoms with Gasteiger partial charge in [-0.25, -0.2) is 9.99 Å². The molecule has 0 saturated heterocycles. The van der Waals surface area contributed by atoms with E-state index in [0.29, 0.717) is 29.4 Å². The van der Waals surface area contributed by atoms with Crippen LogP contribution in [0.1, 0.15) is 23.6 Å². The number of hydrazone groups is 1. The van der Waals surface area contributed by atoms with Gasteiger partial charge in [0.25, 0.3) is 0 Å². The van der Waals surface area contributed by atoms with Crippen molar-refractivity contribution in [2.45, 2.75) is 12.5 Å². The van der Waals surface area contributed by atoms with E-state index in [9.17, 15) is 0 Å². The Labute approximate surface area is 181 Å². The summed E-state index contributed by atoms with van der Waals surface area (Å²) in [5, 5.41) is 6.89. The Morgan fingerprint density at radius 1 is 0.774 bits per heavy atom. The number of rotatable bonds is 7. The molecule has 0 N–H and O–H groups in total. The first-order valence-electron chi connectivity index (χ1n) is 9.90. The quantitative estimate of drug-likeness (QED) is 0.563. The highest BCUT2D eigenvalue weighted by Gasteiger charge is 2.31. The van der Waals surface area contributed by atoms with Gasteiger partial charge in [-0.2, -0.15) is 5.10 Å². The standard InChI is InChI=1S/C24H25N3O4/c1-28-20-10-8-16(13-22(20)30-3)18-15-19(27(26-18)24-7-5-6-12-25-24)17-9-11-21(29-2)23(14-17)31-4/h5-14,19H,15H2,1-4H3. The number of anilines is 1. The first-order valence-corrected chi connectivity index (χ1v) is 9.90. The van der Waals surface area contributed by atoms with Gasteiger partial charge in [-0.3, -0.25) is 0 Å². The second-order valence-electron chi connectivity index (χ2n) is 6.98. The summed E-state index contributed by atoms with van der Waals surface area (Å²) in [5.74, 6) is 3.50. The average Bonchev–Trinajstić information content (AvgIpc) is 3.29. The SMILES string of the molecule is COc1ccc(C2=NN(c3ccccn3)C(c3ccc(OC)c(OC)c3)C2)cc1OC. The Bertz CT molecular complexity index is 1090. The summed E-state index contributed by atoms with van der Waals surface area (Å²) < 4.78 is 21.8. The summed E-state index contributed by atoms with van der Waals surface area (Å²) in [6.07, 6.45) is 2.46. The molecular formula is C24H25N3O4. The minimum atomic E-state index is -0.0437. The molecule has 0 amide bonds. The van der Waals surface area contributed by atoms with Crippen LogP contribution in [0.2, 0.25) is 0 Å². The van der Waals surface area contributed by atoms with Crippen molar-refractivity contribution in [1.29, 1.82) is 0 Å². The van der Waals surface area contributed by atoms with Crippen molar-refractivity contribution in [3.05, 3.63) is 71.9 Å². The molecule has 7 nitrogen and oxygen atoms in total. The van der Waals surface area contributed by atoms with Crippen molar-refractivity contribution in [3.8, 4) is 23.0 Å².